The molecule has 2 saturated heterocycles. The fourth-order valence-electron chi connectivity index (χ4n) is 3.58. The van der Waals surface area contributed by atoms with Gasteiger partial charge >= 0.3 is 0 Å². The summed E-state index contributed by atoms with van der Waals surface area (Å²) in [6.45, 7) is 4.39. The average Bonchev–Trinajstić information content (AvgIpc) is 3.02. The molecule has 2 fully saturated rings. The molecule has 1 spiro atoms. The number of piperidine rings is 1. The number of hydrogen-bond donors (Lipinski definition) is 1. The number of pyridine rings is 1. The van der Waals surface area contributed by atoms with Crippen LogP contribution in [0.5, 0.6) is 0 Å². The highest BCUT2D eigenvalue weighted by Gasteiger charge is 2.41. The Morgan fingerprint density at radius 3 is 2.79 bits per heavy atom. The third-order valence-electron chi connectivity index (χ3n) is 4.89. The van der Waals surface area contributed by atoms with Crippen LogP contribution in [-0.4, -0.2) is 49.7 Å². The van der Waals surface area contributed by atoms with Crippen molar-refractivity contribution in [3.8, 4) is 0 Å². The molecule has 1 N–H and O–H groups in total. The van der Waals surface area contributed by atoms with Crippen molar-refractivity contribution in [3.63, 3.8) is 0 Å². The van der Waals surface area contributed by atoms with Gasteiger partial charge in [-0.05, 0) is 24.6 Å². The number of para-hydroxylation sites is 1. The number of fused-ring (bicyclic) bond motifs is 1. The van der Waals surface area contributed by atoms with Crippen LogP contribution in [-0.2, 0) is 14.8 Å². The first-order valence-corrected chi connectivity index (χ1v) is 9.69. The molecule has 0 amide bonds. The minimum absolute atomic E-state index is 0.288. The Bertz CT molecular complexity index is 866. The summed E-state index contributed by atoms with van der Waals surface area (Å²) >= 11 is 0. The van der Waals surface area contributed by atoms with Gasteiger partial charge in [0.25, 0.3) is 0 Å². The van der Waals surface area contributed by atoms with E-state index in [0.29, 0.717) is 38.1 Å². The van der Waals surface area contributed by atoms with Gasteiger partial charge < -0.3 is 4.74 Å². The number of hydrogen-bond acceptors (Lipinski definition) is 5. The van der Waals surface area contributed by atoms with Gasteiger partial charge in [0.05, 0.1) is 12.1 Å². The zero-order valence-electron chi connectivity index (χ0n) is 13.7. The second kappa shape index (κ2) is 5.77. The fourth-order valence-corrected chi connectivity index (χ4v) is 5.18. The summed E-state index contributed by atoms with van der Waals surface area (Å²) in [4.78, 5) is 4.66. The Labute approximate surface area is 141 Å². The molecule has 128 valence electrons. The van der Waals surface area contributed by atoms with E-state index in [-0.39, 0.29) is 10.6 Å². The van der Waals surface area contributed by atoms with Crippen molar-refractivity contribution in [2.24, 2.45) is 0 Å². The standard InChI is InChI=1S/C17H21N3O3S/c1-13-11-14-3-2-4-15(16(14)18-12-13)24(21,22)20-8-5-17(6-9-20)19-7-10-23-17/h2-4,11-12,19H,5-10H2,1H3. The summed E-state index contributed by atoms with van der Waals surface area (Å²) in [5.74, 6) is 0. The highest BCUT2D eigenvalue weighted by molar-refractivity contribution is 7.89. The van der Waals surface area contributed by atoms with Crippen LogP contribution < -0.4 is 5.32 Å². The van der Waals surface area contributed by atoms with Crippen molar-refractivity contribution in [1.29, 1.82) is 0 Å². The molecule has 0 atom stereocenters. The molecule has 0 saturated carbocycles. The van der Waals surface area contributed by atoms with Crippen LogP contribution in [0.2, 0.25) is 0 Å². The van der Waals surface area contributed by atoms with Gasteiger partial charge in [0, 0.05) is 44.1 Å². The van der Waals surface area contributed by atoms with E-state index in [1.807, 2.05) is 19.1 Å². The van der Waals surface area contributed by atoms with E-state index in [9.17, 15) is 8.42 Å². The molecule has 0 unspecified atom stereocenters. The number of sulfonamides is 1. The van der Waals surface area contributed by atoms with Crippen LogP contribution in [0.25, 0.3) is 10.9 Å². The molecule has 0 bridgehead atoms. The summed E-state index contributed by atoms with van der Waals surface area (Å²) < 4.78 is 33.6. The normalized spacial score (nSPS) is 21.5. The van der Waals surface area contributed by atoms with Gasteiger partial charge in [-0.2, -0.15) is 4.31 Å². The summed E-state index contributed by atoms with van der Waals surface area (Å²) in [6, 6.07) is 7.29. The van der Waals surface area contributed by atoms with E-state index in [2.05, 4.69) is 10.3 Å². The lowest BCUT2D eigenvalue weighted by Crippen LogP contribution is -2.52. The third kappa shape index (κ3) is 2.61. The van der Waals surface area contributed by atoms with Crippen molar-refractivity contribution < 1.29 is 13.2 Å². The first-order chi connectivity index (χ1) is 11.5. The zero-order chi connectivity index (χ0) is 16.8. The average molecular weight is 347 g/mol. The molecular formula is C17H21N3O3S. The van der Waals surface area contributed by atoms with Gasteiger partial charge in [0.15, 0.2) is 0 Å². The number of rotatable bonds is 2. The Morgan fingerprint density at radius 1 is 1.29 bits per heavy atom. The van der Waals surface area contributed by atoms with E-state index in [0.717, 1.165) is 17.5 Å². The van der Waals surface area contributed by atoms with Crippen molar-refractivity contribution in [2.75, 3.05) is 26.2 Å². The molecule has 0 aliphatic carbocycles. The SMILES string of the molecule is Cc1cnc2c(S(=O)(=O)N3CCC4(CC3)NCCO4)cccc2c1. The van der Waals surface area contributed by atoms with Gasteiger partial charge in [-0.15, -0.1) is 0 Å². The summed E-state index contributed by atoms with van der Waals surface area (Å²) in [7, 11) is -3.56. The van der Waals surface area contributed by atoms with Crippen LogP contribution in [0.1, 0.15) is 18.4 Å². The molecule has 2 aliphatic rings. The lowest BCUT2D eigenvalue weighted by Gasteiger charge is -2.37. The Kier molecular flexibility index (Phi) is 3.84. The first kappa shape index (κ1) is 16.0. The fraction of sp³-hybridized carbons (Fsp3) is 0.471. The van der Waals surface area contributed by atoms with E-state index >= 15 is 0 Å². The Morgan fingerprint density at radius 2 is 2.08 bits per heavy atom. The van der Waals surface area contributed by atoms with E-state index in [1.54, 1.807) is 22.6 Å². The number of benzene rings is 1. The number of aryl methyl sites for hydroxylation is 1. The number of nitrogens with one attached hydrogen (secondary N) is 1. The van der Waals surface area contributed by atoms with Crippen LogP contribution in [0.4, 0.5) is 0 Å². The predicted molar refractivity (Wildman–Crippen MR) is 91.2 cm³/mol. The van der Waals surface area contributed by atoms with Crippen molar-refractivity contribution in [1.82, 2.24) is 14.6 Å². The first-order valence-electron chi connectivity index (χ1n) is 8.25. The van der Waals surface area contributed by atoms with Crippen molar-refractivity contribution in [2.45, 2.75) is 30.4 Å². The smallest absolute Gasteiger partial charge is 0.245 e. The predicted octanol–water partition coefficient (Wildman–Crippen LogP) is 1.64. The second-order valence-corrected chi connectivity index (χ2v) is 8.42. The molecule has 3 heterocycles. The Balaban J connectivity index is 1.66. The molecule has 6 nitrogen and oxygen atoms in total. The van der Waals surface area contributed by atoms with Crippen LogP contribution >= 0.6 is 0 Å². The van der Waals surface area contributed by atoms with Crippen LogP contribution in [0.3, 0.4) is 0 Å². The highest BCUT2D eigenvalue weighted by Crippen LogP contribution is 2.31. The second-order valence-electron chi connectivity index (χ2n) is 6.51. The summed E-state index contributed by atoms with van der Waals surface area (Å²) in [5, 5.41) is 4.22. The summed E-state index contributed by atoms with van der Waals surface area (Å²) in [5.41, 5.74) is 1.22. The van der Waals surface area contributed by atoms with Crippen LogP contribution in [0, 0.1) is 6.92 Å². The van der Waals surface area contributed by atoms with E-state index in [1.165, 1.54) is 0 Å². The van der Waals surface area contributed by atoms with Gasteiger partial charge in [0.2, 0.25) is 10.0 Å². The third-order valence-corrected chi connectivity index (χ3v) is 6.82. The van der Waals surface area contributed by atoms with Crippen molar-refractivity contribution >= 4 is 20.9 Å². The highest BCUT2D eigenvalue weighted by atomic mass is 32.2. The maximum absolute atomic E-state index is 13.1. The quantitative estimate of drug-likeness (QED) is 0.894. The lowest BCUT2D eigenvalue weighted by atomic mass is 10.0. The number of nitrogens with zero attached hydrogens (tertiary/aromatic N) is 2. The summed E-state index contributed by atoms with van der Waals surface area (Å²) in [6.07, 6.45) is 3.05. The molecule has 1 aromatic heterocycles. The number of aromatic nitrogens is 1. The lowest BCUT2D eigenvalue weighted by molar-refractivity contribution is -0.0445. The van der Waals surface area contributed by atoms with Crippen molar-refractivity contribution in [3.05, 3.63) is 36.0 Å². The molecule has 1 aromatic carbocycles. The van der Waals surface area contributed by atoms with Gasteiger partial charge in [-0.3, -0.25) is 10.3 Å². The minimum atomic E-state index is -3.56. The van der Waals surface area contributed by atoms with Gasteiger partial charge in [0.1, 0.15) is 10.6 Å². The molecule has 0 radical (unpaired) electrons. The monoisotopic (exact) mass is 347 g/mol. The van der Waals surface area contributed by atoms with Crippen LogP contribution in [0.15, 0.2) is 35.4 Å². The molecule has 4 rings (SSSR count). The topological polar surface area (TPSA) is 71.5 Å². The molecule has 2 aliphatic heterocycles. The molecule has 7 heteroatoms. The van der Waals surface area contributed by atoms with Gasteiger partial charge in [-0.25, -0.2) is 8.42 Å². The maximum atomic E-state index is 13.1. The minimum Gasteiger partial charge on any atom is -0.359 e. The zero-order valence-corrected chi connectivity index (χ0v) is 14.5. The maximum Gasteiger partial charge on any atom is 0.245 e. The van der Waals surface area contributed by atoms with E-state index < -0.39 is 10.0 Å². The number of ether oxygens (including phenoxy) is 1. The largest absolute Gasteiger partial charge is 0.359 e. The van der Waals surface area contributed by atoms with E-state index in [4.69, 9.17) is 4.74 Å². The Hall–Kier alpha value is -1.54. The van der Waals surface area contributed by atoms with Gasteiger partial charge in [-0.1, -0.05) is 12.1 Å². The molecule has 2 aromatic rings. The molecular weight excluding hydrogens is 326 g/mol. The molecule has 24 heavy (non-hydrogen) atoms.